The Morgan fingerprint density at radius 3 is 2.00 bits per heavy atom. The lowest BCUT2D eigenvalue weighted by molar-refractivity contribution is -0.0356. The van der Waals surface area contributed by atoms with Crippen LogP contribution in [-0.4, -0.2) is 52.4 Å². The number of hydrogen-bond acceptors (Lipinski definition) is 4. The maximum Gasteiger partial charge on any atom is 0.107 e. The van der Waals surface area contributed by atoms with Crippen LogP contribution in [0.15, 0.2) is 0 Å². The van der Waals surface area contributed by atoms with E-state index in [-0.39, 0.29) is 6.10 Å². The molecule has 1 atom stereocenters. The van der Waals surface area contributed by atoms with Gasteiger partial charge in [-0.2, -0.15) is 0 Å². The van der Waals surface area contributed by atoms with Crippen LogP contribution in [0.1, 0.15) is 6.92 Å². The molecule has 1 unspecified atom stereocenters. The third kappa shape index (κ3) is 12.9. The average molecular weight is 240 g/mol. The molecule has 0 radical (unpaired) electrons. The van der Waals surface area contributed by atoms with Crippen LogP contribution in [-0.2, 0) is 18.9 Å². The highest BCUT2D eigenvalue weighted by molar-refractivity contribution is 4.83. The molecule has 0 aliphatic rings. The minimum atomic E-state index is 0.0251. The molecule has 0 saturated heterocycles. The fraction of sp³-hybridized carbons (Fsp3) is 0.692. The van der Waals surface area contributed by atoms with Crippen LogP contribution in [0.25, 0.3) is 0 Å². The van der Waals surface area contributed by atoms with Gasteiger partial charge in [-0.3, -0.25) is 0 Å². The molecule has 17 heavy (non-hydrogen) atoms. The summed E-state index contributed by atoms with van der Waals surface area (Å²) < 4.78 is 20.9. The largest absolute Gasteiger partial charge is 0.376 e. The van der Waals surface area contributed by atoms with Gasteiger partial charge in [0.25, 0.3) is 0 Å². The summed E-state index contributed by atoms with van der Waals surface area (Å²) in [5, 5.41) is 0. The van der Waals surface area contributed by atoms with Crippen LogP contribution >= 0.6 is 0 Å². The maximum absolute atomic E-state index is 5.42. The van der Waals surface area contributed by atoms with E-state index in [0.29, 0.717) is 46.2 Å². The second kappa shape index (κ2) is 13.0. The molecular formula is C13H20O4. The maximum atomic E-state index is 5.42. The average Bonchev–Trinajstić information content (AvgIpc) is 2.33. The molecule has 0 N–H and O–H groups in total. The molecule has 0 aliphatic heterocycles. The number of ether oxygens (including phenoxy) is 4. The van der Waals surface area contributed by atoms with Crippen LogP contribution in [0.4, 0.5) is 0 Å². The van der Waals surface area contributed by atoms with E-state index in [9.17, 15) is 0 Å². The molecule has 4 heteroatoms. The summed E-state index contributed by atoms with van der Waals surface area (Å²) in [6, 6.07) is 0. The van der Waals surface area contributed by atoms with E-state index in [1.807, 2.05) is 6.92 Å². The molecule has 0 heterocycles. The highest BCUT2D eigenvalue weighted by atomic mass is 16.6. The van der Waals surface area contributed by atoms with Gasteiger partial charge in [-0.25, -0.2) is 0 Å². The van der Waals surface area contributed by atoms with E-state index < -0.39 is 0 Å². The van der Waals surface area contributed by atoms with Gasteiger partial charge in [0.2, 0.25) is 0 Å². The van der Waals surface area contributed by atoms with Gasteiger partial charge in [-0.1, -0.05) is 11.8 Å². The monoisotopic (exact) mass is 240 g/mol. The number of hydrogen-bond donors (Lipinski definition) is 0. The zero-order valence-corrected chi connectivity index (χ0v) is 10.3. The highest BCUT2D eigenvalue weighted by Gasteiger charge is 2.01. The van der Waals surface area contributed by atoms with Gasteiger partial charge < -0.3 is 18.9 Å². The lowest BCUT2D eigenvalue weighted by Crippen LogP contribution is -2.20. The van der Waals surface area contributed by atoms with Crippen molar-refractivity contribution in [3.63, 3.8) is 0 Å². The Morgan fingerprint density at radius 2 is 1.41 bits per heavy atom. The van der Waals surface area contributed by atoms with Gasteiger partial charge >= 0.3 is 0 Å². The first-order valence-electron chi connectivity index (χ1n) is 5.53. The van der Waals surface area contributed by atoms with E-state index in [4.69, 9.17) is 31.8 Å². The Labute approximate surface area is 104 Å². The topological polar surface area (TPSA) is 36.9 Å². The predicted octanol–water partition coefficient (Wildman–Crippen LogP) is 0.708. The van der Waals surface area contributed by atoms with E-state index >= 15 is 0 Å². The van der Waals surface area contributed by atoms with Crippen LogP contribution in [0.5, 0.6) is 0 Å². The van der Waals surface area contributed by atoms with Gasteiger partial charge in [0.1, 0.15) is 13.2 Å². The molecule has 0 amide bonds. The lowest BCUT2D eigenvalue weighted by Gasteiger charge is -2.13. The minimum absolute atomic E-state index is 0.0251. The molecular weight excluding hydrogens is 220 g/mol. The van der Waals surface area contributed by atoms with E-state index in [0.717, 1.165) is 0 Å². The molecule has 0 aromatic carbocycles. The van der Waals surface area contributed by atoms with Crippen LogP contribution in [0.2, 0.25) is 0 Å². The third-order valence-corrected chi connectivity index (χ3v) is 1.73. The number of rotatable bonds is 11. The van der Waals surface area contributed by atoms with Crippen LogP contribution in [0, 0.1) is 24.7 Å². The van der Waals surface area contributed by atoms with Gasteiger partial charge in [-0.15, -0.1) is 12.8 Å². The summed E-state index contributed by atoms with van der Waals surface area (Å²) in [4.78, 5) is 0. The standard InChI is InChI=1S/C13H20O4/c1-4-6-14-8-9-16-12-13(3)17-11-10-15-7-5-2/h1-2,13H,6-12H2,3H3. The van der Waals surface area contributed by atoms with Crippen molar-refractivity contribution in [2.24, 2.45) is 0 Å². The van der Waals surface area contributed by atoms with Crippen molar-refractivity contribution < 1.29 is 18.9 Å². The Kier molecular flexibility index (Phi) is 12.2. The Morgan fingerprint density at radius 1 is 0.882 bits per heavy atom. The van der Waals surface area contributed by atoms with Crippen molar-refractivity contribution in [1.29, 1.82) is 0 Å². The highest BCUT2D eigenvalue weighted by Crippen LogP contribution is 1.92. The predicted molar refractivity (Wildman–Crippen MR) is 65.5 cm³/mol. The summed E-state index contributed by atoms with van der Waals surface area (Å²) in [6.45, 7) is 5.13. The SMILES string of the molecule is C#CCOCCOCC(C)OCCOCC#C. The van der Waals surface area contributed by atoms with Crippen molar-refractivity contribution in [3.8, 4) is 24.7 Å². The van der Waals surface area contributed by atoms with Crippen molar-refractivity contribution >= 4 is 0 Å². The first-order valence-corrected chi connectivity index (χ1v) is 5.53. The molecule has 96 valence electrons. The van der Waals surface area contributed by atoms with Gasteiger partial charge in [0.15, 0.2) is 0 Å². The molecule has 0 bridgehead atoms. The summed E-state index contributed by atoms with van der Waals surface area (Å²) >= 11 is 0. The first-order chi connectivity index (χ1) is 8.31. The smallest absolute Gasteiger partial charge is 0.107 e. The summed E-state index contributed by atoms with van der Waals surface area (Å²) in [5.41, 5.74) is 0. The summed E-state index contributed by atoms with van der Waals surface area (Å²) in [6.07, 6.45) is 10.1. The third-order valence-electron chi connectivity index (χ3n) is 1.73. The molecule has 0 rings (SSSR count). The van der Waals surface area contributed by atoms with Gasteiger partial charge in [0.05, 0.1) is 39.1 Å². The van der Waals surface area contributed by atoms with Crippen molar-refractivity contribution in [2.75, 3.05) is 46.2 Å². The first kappa shape index (κ1) is 16.0. The number of terminal acetylenes is 2. The van der Waals surface area contributed by atoms with Crippen molar-refractivity contribution in [3.05, 3.63) is 0 Å². The normalized spacial score (nSPS) is 11.7. The summed E-state index contributed by atoms with van der Waals surface area (Å²) in [5.74, 6) is 4.77. The molecule has 0 aromatic heterocycles. The van der Waals surface area contributed by atoms with E-state index in [1.54, 1.807) is 0 Å². The fourth-order valence-corrected chi connectivity index (χ4v) is 0.986. The Hall–Kier alpha value is -1.04. The lowest BCUT2D eigenvalue weighted by atomic mass is 10.4. The molecule has 0 saturated carbocycles. The zero-order chi connectivity index (χ0) is 12.8. The summed E-state index contributed by atoms with van der Waals surface area (Å²) in [7, 11) is 0. The zero-order valence-electron chi connectivity index (χ0n) is 10.3. The van der Waals surface area contributed by atoms with E-state index in [1.165, 1.54) is 0 Å². The second-order valence-corrected chi connectivity index (χ2v) is 3.27. The minimum Gasteiger partial charge on any atom is -0.376 e. The molecule has 0 aromatic rings. The quantitative estimate of drug-likeness (QED) is 0.394. The Balaban J connectivity index is 3.15. The van der Waals surface area contributed by atoms with Crippen molar-refractivity contribution in [1.82, 2.24) is 0 Å². The van der Waals surface area contributed by atoms with Gasteiger partial charge in [0, 0.05) is 0 Å². The van der Waals surface area contributed by atoms with Crippen molar-refractivity contribution in [2.45, 2.75) is 13.0 Å². The van der Waals surface area contributed by atoms with Gasteiger partial charge in [-0.05, 0) is 6.92 Å². The molecule has 4 nitrogen and oxygen atoms in total. The van der Waals surface area contributed by atoms with E-state index in [2.05, 4.69) is 11.8 Å². The molecule has 0 spiro atoms. The second-order valence-electron chi connectivity index (χ2n) is 3.27. The Bertz CT molecular complexity index is 239. The van der Waals surface area contributed by atoms with Crippen LogP contribution in [0.3, 0.4) is 0 Å². The van der Waals surface area contributed by atoms with Crippen LogP contribution < -0.4 is 0 Å². The molecule has 0 aliphatic carbocycles. The molecule has 0 fully saturated rings. The fourth-order valence-electron chi connectivity index (χ4n) is 0.986.